The van der Waals surface area contributed by atoms with E-state index in [1.807, 2.05) is 25.3 Å². The lowest BCUT2D eigenvalue weighted by atomic mass is 10.2. The van der Waals surface area contributed by atoms with E-state index in [-0.39, 0.29) is 18.5 Å². The molecule has 20 heavy (non-hydrogen) atoms. The summed E-state index contributed by atoms with van der Waals surface area (Å²) in [6.07, 6.45) is 3.51. The molecule has 0 spiro atoms. The highest BCUT2D eigenvalue weighted by molar-refractivity contribution is 5.96. The van der Waals surface area contributed by atoms with Gasteiger partial charge in [0.25, 0.3) is 5.91 Å². The number of carbonyl (C=O) groups is 2. The molecule has 0 aliphatic carbocycles. The van der Waals surface area contributed by atoms with E-state index in [2.05, 4.69) is 0 Å². The summed E-state index contributed by atoms with van der Waals surface area (Å²) in [6, 6.07) is 1.76. The Morgan fingerprint density at radius 1 is 1.40 bits per heavy atom. The fourth-order valence-electron chi connectivity index (χ4n) is 2.05. The van der Waals surface area contributed by atoms with Crippen LogP contribution in [0.15, 0.2) is 12.3 Å². The third-order valence-corrected chi connectivity index (χ3v) is 3.06. The minimum Gasteiger partial charge on any atom is -0.397 e. The smallest absolute Gasteiger partial charge is 0.271 e. The Morgan fingerprint density at radius 3 is 2.55 bits per heavy atom. The van der Waals surface area contributed by atoms with Crippen LogP contribution in [0.25, 0.3) is 0 Å². The number of carbonyl (C=O) groups excluding carboxylic acids is 2. The molecule has 0 aromatic carbocycles. The number of unbranched alkanes of at least 4 members (excludes halogenated alkanes) is 1. The fraction of sp³-hybridized carbons (Fsp3) is 0.571. The van der Waals surface area contributed by atoms with E-state index in [9.17, 15) is 9.59 Å². The van der Waals surface area contributed by atoms with Gasteiger partial charge in [-0.15, -0.1) is 0 Å². The van der Waals surface area contributed by atoms with Gasteiger partial charge in [0.15, 0.2) is 0 Å². The molecule has 1 heterocycles. The van der Waals surface area contributed by atoms with Crippen LogP contribution in [0.1, 0.15) is 50.1 Å². The third-order valence-electron chi connectivity index (χ3n) is 3.06. The first-order chi connectivity index (χ1) is 9.36. The zero-order valence-corrected chi connectivity index (χ0v) is 12.4. The van der Waals surface area contributed by atoms with Gasteiger partial charge in [-0.3, -0.25) is 9.59 Å². The van der Waals surface area contributed by atoms with E-state index in [1.54, 1.807) is 12.3 Å². The van der Waals surface area contributed by atoms with E-state index < -0.39 is 5.91 Å². The maximum absolute atomic E-state index is 12.6. The monoisotopic (exact) mass is 280 g/mol. The Balaban J connectivity index is 3.01. The number of aromatic nitrogens is 1. The first-order valence-corrected chi connectivity index (χ1v) is 6.91. The van der Waals surface area contributed by atoms with Crippen molar-refractivity contribution in [2.75, 3.05) is 18.8 Å². The molecular weight excluding hydrogens is 256 g/mol. The van der Waals surface area contributed by atoms with Gasteiger partial charge in [-0.2, -0.15) is 0 Å². The normalized spacial score (nSPS) is 10.8. The van der Waals surface area contributed by atoms with Gasteiger partial charge in [-0.05, 0) is 26.3 Å². The predicted octanol–water partition coefficient (Wildman–Crippen LogP) is 1.38. The highest BCUT2D eigenvalue weighted by Crippen LogP contribution is 2.18. The molecule has 0 saturated carbocycles. The summed E-state index contributed by atoms with van der Waals surface area (Å²) in [5.74, 6) is -0.715. The molecule has 0 aliphatic heterocycles. The molecule has 0 radical (unpaired) electrons. The van der Waals surface area contributed by atoms with Crippen molar-refractivity contribution in [3.63, 3.8) is 0 Å². The number of hydrogen-bond acceptors (Lipinski definition) is 3. The standard InChI is InChI=1S/C14H24N4O2/c1-4-5-6-17(9-13(16)19)14(20)12-7-11(15)8-18(12)10(2)3/h7-8,10H,4-6,9,15H2,1-3H3,(H2,16,19). The molecule has 1 aromatic heterocycles. The third kappa shape index (κ3) is 4.01. The molecule has 0 aliphatic rings. The summed E-state index contributed by atoms with van der Waals surface area (Å²) in [6.45, 7) is 6.42. The van der Waals surface area contributed by atoms with Crippen LogP contribution >= 0.6 is 0 Å². The molecule has 0 fully saturated rings. The first-order valence-electron chi connectivity index (χ1n) is 6.91. The maximum Gasteiger partial charge on any atom is 0.271 e. The van der Waals surface area contributed by atoms with E-state index in [1.165, 1.54) is 4.90 Å². The van der Waals surface area contributed by atoms with Crippen LogP contribution < -0.4 is 11.5 Å². The first kappa shape index (κ1) is 16.1. The van der Waals surface area contributed by atoms with Crippen molar-refractivity contribution in [1.82, 2.24) is 9.47 Å². The summed E-state index contributed by atoms with van der Waals surface area (Å²) >= 11 is 0. The zero-order chi connectivity index (χ0) is 15.3. The quantitative estimate of drug-likeness (QED) is 0.790. The van der Waals surface area contributed by atoms with Crippen LogP contribution in [0.2, 0.25) is 0 Å². The molecule has 0 saturated heterocycles. The highest BCUT2D eigenvalue weighted by Gasteiger charge is 2.22. The molecule has 2 amide bonds. The average Bonchev–Trinajstić information content (AvgIpc) is 2.75. The Morgan fingerprint density at radius 2 is 2.05 bits per heavy atom. The van der Waals surface area contributed by atoms with Gasteiger partial charge in [0.1, 0.15) is 5.69 Å². The largest absolute Gasteiger partial charge is 0.397 e. The number of hydrogen-bond donors (Lipinski definition) is 2. The summed E-state index contributed by atoms with van der Waals surface area (Å²) in [7, 11) is 0. The van der Waals surface area contributed by atoms with E-state index in [4.69, 9.17) is 11.5 Å². The molecule has 6 heteroatoms. The molecule has 112 valence electrons. The van der Waals surface area contributed by atoms with Gasteiger partial charge >= 0.3 is 0 Å². The zero-order valence-electron chi connectivity index (χ0n) is 12.4. The molecule has 1 rings (SSSR count). The van der Waals surface area contributed by atoms with E-state index >= 15 is 0 Å². The molecule has 0 unspecified atom stereocenters. The number of rotatable bonds is 7. The SMILES string of the molecule is CCCCN(CC(N)=O)C(=O)c1cc(N)cn1C(C)C. The van der Waals surface area contributed by atoms with Crippen LogP contribution in [0.5, 0.6) is 0 Å². The van der Waals surface area contributed by atoms with Crippen LogP contribution in [-0.4, -0.2) is 34.4 Å². The predicted molar refractivity (Wildman–Crippen MR) is 79.2 cm³/mol. The number of nitrogens with zero attached hydrogens (tertiary/aromatic N) is 2. The molecule has 0 bridgehead atoms. The molecule has 1 aromatic rings. The van der Waals surface area contributed by atoms with Crippen LogP contribution in [0.3, 0.4) is 0 Å². The van der Waals surface area contributed by atoms with Crippen LogP contribution in [0.4, 0.5) is 5.69 Å². The number of nitrogens with two attached hydrogens (primary N) is 2. The second-order valence-electron chi connectivity index (χ2n) is 5.21. The lowest BCUT2D eigenvalue weighted by Gasteiger charge is -2.22. The van der Waals surface area contributed by atoms with Crippen molar-refractivity contribution >= 4 is 17.5 Å². The van der Waals surface area contributed by atoms with E-state index in [0.29, 0.717) is 17.9 Å². The molecular formula is C14H24N4O2. The number of nitrogen functional groups attached to an aromatic ring is 1. The summed E-state index contributed by atoms with van der Waals surface area (Å²) in [5, 5.41) is 0. The minimum atomic E-state index is -0.509. The van der Waals surface area contributed by atoms with Crippen molar-refractivity contribution < 1.29 is 9.59 Å². The second kappa shape index (κ2) is 6.98. The Hall–Kier alpha value is -1.98. The van der Waals surface area contributed by atoms with Crippen molar-refractivity contribution in [3.05, 3.63) is 18.0 Å². The summed E-state index contributed by atoms with van der Waals surface area (Å²) in [4.78, 5) is 25.2. The highest BCUT2D eigenvalue weighted by atomic mass is 16.2. The van der Waals surface area contributed by atoms with Gasteiger partial charge in [0.2, 0.25) is 5.91 Å². The van der Waals surface area contributed by atoms with Crippen molar-refractivity contribution in [3.8, 4) is 0 Å². The topological polar surface area (TPSA) is 94.3 Å². The summed E-state index contributed by atoms with van der Waals surface area (Å²) < 4.78 is 1.82. The maximum atomic E-state index is 12.6. The molecule has 4 N–H and O–H groups in total. The Labute approximate surface area is 119 Å². The molecule has 0 atom stereocenters. The fourth-order valence-corrected chi connectivity index (χ4v) is 2.05. The van der Waals surface area contributed by atoms with Crippen molar-refractivity contribution in [2.24, 2.45) is 5.73 Å². The number of anilines is 1. The van der Waals surface area contributed by atoms with Gasteiger partial charge in [-0.25, -0.2) is 0 Å². The van der Waals surface area contributed by atoms with Crippen molar-refractivity contribution in [2.45, 2.75) is 39.7 Å². The Bertz CT molecular complexity index is 480. The minimum absolute atomic E-state index is 0.0674. The Kier molecular flexibility index (Phi) is 5.61. The van der Waals surface area contributed by atoms with Gasteiger partial charge in [-0.1, -0.05) is 13.3 Å². The van der Waals surface area contributed by atoms with Crippen LogP contribution in [-0.2, 0) is 4.79 Å². The van der Waals surface area contributed by atoms with Crippen LogP contribution in [0, 0.1) is 0 Å². The molecule has 6 nitrogen and oxygen atoms in total. The van der Waals surface area contributed by atoms with Gasteiger partial charge in [0, 0.05) is 18.8 Å². The summed E-state index contributed by atoms with van der Waals surface area (Å²) in [5.41, 5.74) is 12.0. The lowest BCUT2D eigenvalue weighted by molar-refractivity contribution is -0.118. The van der Waals surface area contributed by atoms with Crippen molar-refractivity contribution in [1.29, 1.82) is 0 Å². The number of primary amides is 1. The van der Waals surface area contributed by atoms with Gasteiger partial charge in [0.05, 0.1) is 12.2 Å². The van der Waals surface area contributed by atoms with E-state index in [0.717, 1.165) is 12.8 Å². The number of amides is 2. The average molecular weight is 280 g/mol. The second-order valence-corrected chi connectivity index (χ2v) is 5.21. The lowest BCUT2D eigenvalue weighted by Crippen LogP contribution is -2.40. The van der Waals surface area contributed by atoms with Gasteiger partial charge < -0.3 is 20.9 Å².